The van der Waals surface area contributed by atoms with Gasteiger partial charge in [0.25, 0.3) is 5.91 Å². The SMILES string of the molecule is COC(=O)[C@H](Cc1ccc(C)cc1)NC(=O)c1ccc(F)cc1. The van der Waals surface area contributed by atoms with Crippen molar-refractivity contribution in [3.05, 3.63) is 71.0 Å². The quantitative estimate of drug-likeness (QED) is 0.863. The molecular weight excluding hydrogens is 297 g/mol. The lowest BCUT2D eigenvalue weighted by atomic mass is 10.0. The van der Waals surface area contributed by atoms with E-state index in [0.29, 0.717) is 6.42 Å². The number of methoxy groups -OCH3 is 1. The summed E-state index contributed by atoms with van der Waals surface area (Å²) in [5.41, 5.74) is 2.30. The Morgan fingerprint density at radius 2 is 1.70 bits per heavy atom. The van der Waals surface area contributed by atoms with Crippen LogP contribution in [0.4, 0.5) is 4.39 Å². The molecule has 120 valence electrons. The van der Waals surface area contributed by atoms with Gasteiger partial charge in [-0.3, -0.25) is 4.79 Å². The highest BCUT2D eigenvalue weighted by Crippen LogP contribution is 2.09. The molecule has 1 N–H and O–H groups in total. The summed E-state index contributed by atoms with van der Waals surface area (Å²) >= 11 is 0. The fourth-order valence-electron chi connectivity index (χ4n) is 2.14. The Kier molecular flexibility index (Phi) is 5.46. The molecule has 0 radical (unpaired) electrons. The second kappa shape index (κ2) is 7.54. The molecule has 0 aliphatic rings. The molecule has 0 bridgehead atoms. The molecule has 4 nitrogen and oxygen atoms in total. The molecule has 1 atom stereocenters. The van der Waals surface area contributed by atoms with Gasteiger partial charge in [-0.15, -0.1) is 0 Å². The van der Waals surface area contributed by atoms with Crippen LogP contribution in [0.2, 0.25) is 0 Å². The standard InChI is InChI=1S/C18H18FNO3/c1-12-3-5-13(6-4-12)11-16(18(22)23-2)20-17(21)14-7-9-15(19)10-8-14/h3-10,16H,11H2,1-2H3,(H,20,21)/t16-/m0/s1. The van der Waals surface area contributed by atoms with Gasteiger partial charge in [0.15, 0.2) is 0 Å². The first-order chi connectivity index (χ1) is 11.0. The van der Waals surface area contributed by atoms with E-state index >= 15 is 0 Å². The van der Waals surface area contributed by atoms with Crippen molar-refractivity contribution < 1.29 is 18.7 Å². The molecule has 2 aromatic rings. The molecule has 23 heavy (non-hydrogen) atoms. The molecule has 5 heteroatoms. The van der Waals surface area contributed by atoms with Crippen LogP contribution >= 0.6 is 0 Å². The minimum atomic E-state index is -0.805. The van der Waals surface area contributed by atoms with Gasteiger partial charge in [-0.25, -0.2) is 9.18 Å². The number of amides is 1. The first kappa shape index (κ1) is 16.7. The van der Waals surface area contributed by atoms with Gasteiger partial charge >= 0.3 is 5.97 Å². The summed E-state index contributed by atoms with van der Waals surface area (Å²) in [6.07, 6.45) is 0.319. The van der Waals surface area contributed by atoms with Crippen LogP contribution in [-0.4, -0.2) is 25.0 Å². The number of halogens is 1. The topological polar surface area (TPSA) is 55.4 Å². The third-order valence-corrected chi connectivity index (χ3v) is 3.46. The first-order valence-electron chi connectivity index (χ1n) is 7.19. The Morgan fingerprint density at radius 1 is 1.09 bits per heavy atom. The van der Waals surface area contributed by atoms with E-state index in [1.54, 1.807) is 0 Å². The molecule has 0 saturated carbocycles. The zero-order valence-corrected chi connectivity index (χ0v) is 13.0. The number of rotatable bonds is 5. The fourth-order valence-corrected chi connectivity index (χ4v) is 2.14. The van der Waals surface area contributed by atoms with Crippen molar-refractivity contribution in [3.63, 3.8) is 0 Å². The summed E-state index contributed by atoms with van der Waals surface area (Å²) in [7, 11) is 1.27. The second-order valence-corrected chi connectivity index (χ2v) is 5.25. The lowest BCUT2D eigenvalue weighted by Crippen LogP contribution is -2.43. The summed E-state index contributed by atoms with van der Waals surface area (Å²) < 4.78 is 17.7. The molecule has 0 aromatic heterocycles. The minimum Gasteiger partial charge on any atom is -0.467 e. The maximum atomic E-state index is 12.9. The van der Waals surface area contributed by atoms with Crippen LogP contribution in [0.25, 0.3) is 0 Å². The number of carbonyl (C=O) groups excluding carboxylic acids is 2. The van der Waals surface area contributed by atoms with Crippen molar-refractivity contribution in [2.75, 3.05) is 7.11 Å². The molecule has 0 saturated heterocycles. The molecule has 2 aromatic carbocycles. The number of nitrogens with one attached hydrogen (secondary N) is 1. The number of aryl methyl sites for hydroxylation is 1. The van der Waals surface area contributed by atoms with Gasteiger partial charge in [-0.1, -0.05) is 29.8 Å². The van der Waals surface area contributed by atoms with E-state index in [-0.39, 0.29) is 5.56 Å². The molecule has 0 unspecified atom stereocenters. The Bertz CT molecular complexity index is 680. The Labute approximate surface area is 134 Å². The third-order valence-electron chi connectivity index (χ3n) is 3.46. The molecule has 2 rings (SSSR count). The normalized spacial score (nSPS) is 11.6. The molecule has 0 spiro atoms. The number of carbonyl (C=O) groups is 2. The van der Waals surface area contributed by atoms with Crippen LogP contribution in [-0.2, 0) is 16.0 Å². The summed E-state index contributed by atoms with van der Waals surface area (Å²) in [6.45, 7) is 1.97. The van der Waals surface area contributed by atoms with Gasteiger partial charge in [0, 0.05) is 12.0 Å². The molecule has 0 aliphatic heterocycles. The Morgan fingerprint density at radius 3 is 2.26 bits per heavy atom. The summed E-state index contributed by atoms with van der Waals surface area (Å²) in [6, 6.07) is 12.0. The highest BCUT2D eigenvalue weighted by molar-refractivity contribution is 5.96. The predicted octanol–water partition coefficient (Wildman–Crippen LogP) is 2.65. The molecule has 1 amide bonds. The largest absolute Gasteiger partial charge is 0.467 e. The van der Waals surface area contributed by atoms with Crippen molar-refractivity contribution in [1.29, 1.82) is 0 Å². The van der Waals surface area contributed by atoms with Crippen LogP contribution in [0, 0.1) is 12.7 Å². The van der Waals surface area contributed by atoms with Crippen LogP contribution in [0.5, 0.6) is 0 Å². The second-order valence-electron chi connectivity index (χ2n) is 5.25. The first-order valence-corrected chi connectivity index (χ1v) is 7.19. The minimum absolute atomic E-state index is 0.282. The molecule has 0 aliphatic carbocycles. The smallest absolute Gasteiger partial charge is 0.328 e. The fraction of sp³-hybridized carbons (Fsp3) is 0.222. The van der Waals surface area contributed by atoms with Crippen molar-refractivity contribution in [2.24, 2.45) is 0 Å². The summed E-state index contributed by atoms with van der Waals surface area (Å²) in [5.74, 6) is -1.40. The summed E-state index contributed by atoms with van der Waals surface area (Å²) in [4.78, 5) is 24.1. The number of hydrogen-bond acceptors (Lipinski definition) is 3. The zero-order chi connectivity index (χ0) is 16.8. The maximum absolute atomic E-state index is 12.9. The van der Waals surface area contributed by atoms with E-state index in [1.807, 2.05) is 31.2 Å². The van der Waals surface area contributed by atoms with Gasteiger partial charge < -0.3 is 10.1 Å². The summed E-state index contributed by atoms with van der Waals surface area (Å²) in [5, 5.41) is 2.63. The predicted molar refractivity (Wildman–Crippen MR) is 84.6 cm³/mol. The number of benzene rings is 2. The van der Waals surface area contributed by atoms with Crippen LogP contribution in [0.1, 0.15) is 21.5 Å². The van der Waals surface area contributed by atoms with Crippen LogP contribution in [0.15, 0.2) is 48.5 Å². The van der Waals surface area contributed by atoms with Gasteiger partial charge in [-0.05, 0) is 36.8 Å². The van der Waals surface area contributed by atoms with E-state index in [9.17, 15) is 14.0 Å². The number of ether oxygens (including phenoxy) is 1. The van der Waals surface area contributed by atoms with Crippen molar-refractivity contribution in [1.82, 2.24) is 5.32 Å². The molecular formula is C18H18FNO3. The van der Waals surface area contributed by atoms with Crippen LogP contribution in [0.3, 0.4) is 0 Å². The van der Waals surface area contributed by atoms with Gasteiger partial charge in [-0.2, -0.15) is 0 Å². The number of esters is 1. The number of hydrogen-bond donors (Lipinski definition) is 1. The molecule has 0 fully saturated rings. The van der Waals surface area contributed by atoms with E-state index in [4.69, 9.17) is 4.74 Å². The average Bonchev–Trinajstić information content (AvgIpc) is 2.56. The van der Waals surface area contributed by atoms with E-state index in [1.165, 1.54) is 31.4 Å². The van der Waals surface area contributed by atoms with E-state index in [2.05, 4.69) is 5.32 Å². The van der Waals surface area contributed by atoms with Crippen molar-refractivity contribution in [2.45, 2.75) is 19.4 Å². The monoisotopic (exact) mass is 315 g/mol. The van der Waals surface area contributed by atoms with Crippen molar-refractivity contribution >= 4 is 11.9 Å². The van der Waals surface area contributed by atoms with Crippen molar-refractivity contribution in [3.8, 4) is 0 Å². The van der Waals surface area contributed by atoms with Crippen LogP contribution < -0.4 is 5.32 Å². The highest BCUT2D eigenvalue weighted by atomic mass is 19.1. The Hall–Kier alpha value is -2.69. The zero-order valence-electron chi connectivity index (χ0n) is 13.0. The van der Waals surface area contributed by atoms with Gasteiger partial charge in [0.1, 0.15) is 11.9 Å². The third kappa shape index (κ3) is 4.64. The average molecular weight is 315 g/mol. The molecule has 0 heterocycles. The lowest BCUT2D eigenvalue weighted by molar-refractivity contribution is -0.142. The van der Waals surface area contributed by atoms with E-state index < -0.39 is 23.7 Å². The Balaban J connectivity index is 2.12. The van der Waals surface area contributed by atoms with Gasteiger partial charge in [0.05, 0.1) is 7.11 Å². The lowest BCUT2D eigenvalue weighted by Gasteiger charge is -2.17. The van der Waals surface area contributed by atoms with Gasteiger partial charge in [0.2, 0.25) is 0 Å². The van der Waals surface area contributed by atoms with E-state index in [0.717, 1.165) is 11.1 Å². The highest BCUT2D eigenvalue weighted by Gasteiger charge is 2.22. The maximum Gasteiger partial charge on any atom is 0.328 e.